The number of aliphatic hydroxyl groups excluding tert-OH is 2. The number of thioether (sulfide) groups is 1. The summed E-state index contributed by atoms with van der Waals surface area (Å²) in [7, 11) is 1.72. The highest BCUT2D eigenvalue weighted by Crippen LogP contribution is 2.22. The lowest BCUT2D eigenvalue weighted by Crippen LogP contribution is -2.25. The molecule has 1 aromatic heterocycles. The second kappa shape index (κ2) is 7.39. The Morgan fingerprint density at radius 2 is 2.21 bits per heavy atom. The number of rotatable bonds is 7. The molecule has 8 heteroatoms. The Balaban J connectivity index is 3.01. The summed E-state index contributed by atoms with van der Waals surface area (Å²) >= 11 is 1.20. The molecular formula is C11H17N3O4S. The minimum atomic E-state index is -1.32. The smallest absolute Gasteiger partial charge is 0.355 e. The van der Waals surface area contributed by atoms with E-state index in [2.05, 4.69) is 15.3 Å². The molecule has 106 valence electrons. The van der Waals surface area contributed by atoms with Crippen LogP contribution in [0.2, 0.25) is 0 Å². The van der Waals surface area contributed by atoms with Crippen LogP contribution in [0.15, 0.2) is 11.4 Å². The van der Waals surface area contributed by atoms with Gasteiger partial charge in [0.1, 0.15) is 6.10 Å². The molecule has 1 heterocycles. The Morgan fingerprint density at radius 3 is 2.74 bits per heavy atom. The predicted molar refractivity (Wildman–Crippen MR) is 70.3 cm³/mol. The van der Waals surface area contributed by atoms with E-state index in [0.29, 0.717) is 18.1 Å². The number of hydrogen-bond donors (Lipinski definition) is 4. The predicted octanol–water partition coefficient (Wildman–Crippen LogP) is -0.0995. The molecule has 19 heavy (non-hydrogen) atoms. The van der Waals surface area contributed by atoms with Gasteiger partial charge in [-0.05, 0) is 26.3 Å². The molecule has 0 aliphatic rings. The van der Waals surface area contributed by atoms with Crippen molar-refractivity contribution in [1.82, 2.24) is 15.3 Å². The number of carbonyl (C=O) groups is 1. The van der Waals surface area contributed by atoms with E-state index in [1.54, 1.807) is 13.3 Å². The van der Waals surface area contributed by atoms with Crippen LogP contribution in [0, 0.1) is 0 Å². The first-order chi connectivity index (χ1) is 9.01. The lowest BCUT2D eigenvalue weighted by atomic mass is 10.0. The number of hydrogen-bond acceptors (Lipinski definition) is 7. The lowest BCUT2D eigenvalue weighted by Gasteiger charge is -2.19. The highest BCUT2D eigenvalue weighted by atomic mass is 32.2. The summed E-state index contributed by atoms with van der Waals surface area (Å²) in [6.45, 7) is 0.504. The van der Waals surface area contributed by atoms with E-state index in [1.807, 2.05) is 0 Å². The fraction of sp³-hybridized carbons (Fsp3) is 0.545. The molecule has 2 atom stereocenters. The quantitative estimate of drug-likeness (QED) is 0.406. The van der Waals surface area contributed by atoms with Gasteiger partial charge in [0, 0.05) is 11.8 Å². The fourth-order valence-corrected chi connectivity index (χ4v) is 1.86. The second-order valence-corrected chi connectivity index (χ2v) is 4.64. The molecule has 0 radical (unpaired) electrons. The van der Waals surface area contributed by atoms with Crippen molar-refractivity contribution in [3.8, 4) is 0 Å². The average molecular weight is 287 g/mol. The monoisotopic (exact) mass is 287 g/mol. The largest absolute Gasteiger partial charge is 0.476 e. The topological polar surface area (TPSA) is 116 Å². The van der Waals surface area contributed by atoms with Crippen LogP contribution in [0.3, 0.4) is 0 Å². The minimum absolute atomic E-state index is 0.0221. The minimum Gasteiger partial charge on any atom is -0.476 e. The third-order valence-electron chi connectivity index (χ3n) is 2.55. The van der Waals surface area contributed by atoms with Crippen molar-refractivity contribution in [1.29, 1.82) is 0 Å². The first-order valence-corrected chi connectivity index (χ1v) is 6.88. The van der Waals surface area contributed by atoms with Crippen molar-refractivity contribution >= 4 is 17.7 Å². The van der Waals surface area contributed by atoms with Crippen LogP contribution in [-0.2, 0) is 0 Å². The van der Waals surface area contributed by atoms with E-state index in [9.17, 15) is 15.0 Å². The molecule has 0 saturated heterocycles. The summed E-state index contributed by atoms with van der Waals surface area (Å²) in [5.41, 5.74) is -0.260. The van der Waals surface area contributed by atoms with Crippen LogP contribution >= 0.6 is 11.8 Å². The van der Waals surface area contributed by atoms with E-state index in [-0.39, 0.29) is 11.3 Å². The number of nitrogens with one attached hydrogen (secondary N) is 1. The number of carboxylic acids is 1. The maximum atomic E-state index is 11.1. The third-order valence-corrected chi connectivity index (χ3v) is 3.12. The van der Waals surface area contributed by atoms with Crippen molar-refractivity contribution in [2.45, 2.75) is 23.8 Å². The van der Waals surface area contributed by atoms with Gasteiger partial charge in [-0.15, -0.1) is 0 Å². The van der Waals surface area contributed by atoms with E-state index < -0.39 is 18.2 Å². The van der Waals surface area contributed by atoms with Gasteiger partial charge >= 0.3 is 5.97 Å². The van der Waals surface area contributed by atoms with E-state index in [4.69, 9.17) is 5.11 Å². The molecule has 0 aromatic carbocycles. The van der Waals surface area contributed by atoms with Gasteiger partial charge in [-0.25, -0.2) is 14.8 Å². The Kier molecular flexibility index (Phi) is 6.16. The maximum absolute atomic E-state index is 11.1. The van der Waals surface area contributed by atoms with E-state index >= 15 is 0 Å². The highest BCUT2D eigenvalue weighted by molar-refractivity contribution is 7.98. The van der Waals surface area contributed by atoms with Gasteiger partial charge in [0.15, 0.2) is 10.9 Å². The first-order valence-electron chi connectivity index (χ1n) is 5.66. The molecule has 1 rings (SSSR count). The molecule has 0 fully saturated rings. The van der Waals surface area contributed by atoms with Gasteiger partial charge in [-0.1, -0.05) is 11.8 Å². The summed E-state index contributed by atoms with van der Waals surface area (Å²) < 4.78 is 0. The number of nitrogens with zero attached hydrogens (tertiary/aromatic N) is 2. The van der Waals surface area contributed by atoms with Gasteiger partial charge in [0.05, 0.1) is 6.10 Å². The molecule has 7 nitrogen and oxygen atoms in total. The van der Waals surface area contributed by atoms with Gasteiger partial charge in [0.2, 0.25) is 0 Å². The van der Waals surface area contributed by atoms with Crippen LogP contribution < -0.4 is 5.32 Å². The third kappa shape index (κ3) is 4.13. The zero-order chi connectivity index (χ0) is 14.4. The summed E-state index contributed by atoms with van der Waals surface area (Å²) in [5, 5.41) is 32.0. The second-order valence-electron chi connectivity index (χ2n) is 3.87. The highest BCUT2D eigenvalue weighted by Gasteiger charge is 2.25. The summed E-state index contributed by atoms with van der Waals surface area (Å²) in [5.74, 6) is -1.26. The van der Waals surface area contributed by atoms with Crippen molar-refractivity contribution in [2.75, 3.05) is 19.8 Å². The van der Waals surface area contributed by atoms with Gasteiger partial charge in [-0.3, -0.25) is 0 Å². The zero-order valence-electron chi connectivity index (χ0n) is 10.7. The van der Waals surface area contributed by atoms with Crippen molar-refractivity contribution in [3.63, 3.8) is 0 Å². The van der Waals surface area contributed by atoms with E-state index in [0.717, 1.165) is 0 Å². The van der Waals surface area contributed by atoms with Crippen LogP contribution in [-0.4, -0.2) is 57.2 Å². The lowest BCUT2D eigenvalue weighted by molar-refractivity contribution is 0.0125. The van der Waals surface area contributed by atoms with Crippen LogP contribution in [0.5, 0.6) is 0 Å². The summed E-state index contributed by atoms with van der Waals surface area (Å²) in [6, 6.07) is 0. The maximum Gasteiger partial charge on any atom is 0.355 e. The number of carboxylic acid groups (broad SMARTS) is 1. The molecule has 0 spiro atoms. The molecule has 4 N–H and O–H groups in total. The van der Waals surface area contributed by atoms with Crippen molar-refractivity contribution in [3.05, 3.63) is 17.5 Å². The summed E-state index contributed by atoms with van der Waals surface area (Å²) in [4.78, 5) is 18.9. The molecule has 0 bridgehead atoms. The molecule has 0 amide bonds. The summed E-state index contributed by atoms with van der Waals surface area (Å²) in [6.07, 6.45) is 0.861. The Morgan fingerprint density at radius 1 is 1.53 bits per heavy atom. The van der Waals surface area contributed by atoms with Gasteiger partial charge in [-0.2, -0.15) is 0 Å². The molecule has 0 aliphatic heterocycles. The standard InChI is InChI=1S/C11H17N3O4S/c1-12-4-3-7(15)9(16)6-5-13-11(19-2)14-8(6)10(17)18/h5,7,9,12,15-16H,3-4H2,1-2H3,(H,17,18). The number of aromatic carboxylic acids is 1. The van der Waals surface area contributed by atoms with Crippen LogP contribution in [0.1, 0.15) is 28.6 Å². The molecular weight excluding hydrogens is 270 g/mol. The van der Waals surface area contributed by atoms with E-state index in [1.165, 1.54) is 18.0 Å². The SMILES string of the molecule is CNCCC(O)C(O)c1cnc(SC)nc1C(=O)O. The molecule has 0 aliphatic carbocycles. The fourth-order valence-electron chi connectivity index (χ4n) is 1.52. The van der Waals surface area contributed by atoms with Crippen LogP contribution in [0.4, 0.5) is 0 Å². The average Bonchev–Trinajstić information content (AvgIpc) is 2.43. The molecule has 1 aromatic rings. The Labute approximate surface area is 115 Å². The first kappa shape index (κ1) is 15.8. The number of aromatic nitrogens is 2. The van der Waals surface area contributed by atoms with Crippen molar-refractivity contribution < 1.29 is 20.1 Å². The molecule has 0 saturated carbocycles. The Bertz CT molecular complexity index is 444. The molecule has 2 unspecified atom stereocenters. The van der Waals surface area contributed by atoms with Crippen molar-refractivity contribution in [2.24, 2.45) is 0 Å². The van der Waals surface area contributed by atoms with Gasteiger partial charge in [0.25, 0.3) is 0 Å². The zero-order valence-corrected chi connectivity index (χ0v) is 11.5. The van der Waals surface area contributed by atoms with Gasteiger partial charge < -0.3 is 20.6 Å². The van der Waals surface area contributed by atoms with Crippen LogP contribution in [0.25, 0.3) is 0 Å². The number of aliphatic hydroxyl groups is 2. The Hall–Kier alpha value is -1.22. The normalized spacial score (nSPS) is 14.1.